The minimum absolute atomic E-state index is 0.0484. The highest BCUT2D eigenvalue weighted by Crippen LogP contribution is 2.32. The lowest BCUT2D eigenvalue weighted by atomic mass is 9.85. The Bertz CT molecular complexity index is 599. The molecule has 2 rings (SSSR count). The van der Waals surface area contributed by atoms with Crippen molar-refractivity contribution in [2.24, 2.45) is 5.92 Å². The van der Waals surface area contributed by atoms with Crippen LogP contribution in [0.15, 0.2) is 17.2 Å². The first-order chi connectivity index (χ1) is 9.86. The van der Waals surface area contributed by atoms with Gasteiger partial charge in [0.2, 0.25) is 10.0 Å². The summed E-state index contributed by atoms with van der Waals surface area (Å²) in [5.41, 5.74) is 0. The third-order valence-corrected chi connectivity index (χ3v) is 6.92. The molecule has 0 saturated heterocycles. The topological polar surface area (TPSA) is 50.3 Å². The lowest BCUT2D eigenvalue weighted by Crippen LogP contribution is -2.39. The Morgan fingerprint density at radius 2 is 1.90 bits per heavy atom. The van der Waals surface area contributed by atoms with E-state index in [1.807, 2.05) is 0 Å². The quantitative estimate of drug-likeness (QED) is 0.771. The zero-order valence-corrected chi connectivity index (χ0v) is 14.5. The molecule has 0 radical (unpaired) electrons. The van der Waals surface area contributed by atoms with Gasteiger partial charge in [0.25, 0.3) is 0 Å². The molecule has 1 aromatic heterocycles. The molecule has 0 aromatic carbocycles. The molecule has 21 heavy (non-hydrogen) atoms. The van der Waals surface area contributed by atoms with Gasteiger partial charge < -0.3 is 0 Å². The van der Waals surface area contributed by atoms with E-state index in [0.717, 1.165) is 31.6 Å². The van der Waals surface area contributed by atoms with E-state index in [0.29, 0.717) is 0 Å². The van der Waals surface area contributed by atoms with Crippen molar-refractivity contribution in [1.29, 1.82) is 0 Å². The van der Waals surface area contributed by atoms with E-state index in [1.54, 1.807) is 7.05 Å². The third kappa shape index (κ3) is 3.70. The van der Waals surface area contributed by atoms with Crippen LogP contribution in [-0.4, -0.2) is 30.8 Å². The molecule has 1 fully saturated rings. The molecule has 0 N–H and O–H groups in total. The number of aromatic nitrogens is 1. The zero-order valence-electron chi connectivity index (χ0n) is 12.2. The van der Waals surface area contributed by atoms with Crippen molar-refractivity contribution in [2.45, 2.75) is 50.0 Å². The second-order valence-corrected chi connectivity index (χ2v) is 8.31. The molecule has 0 unspecified atom stereocenters. The number of halogens is 2. The summed E-state index contributed by atoms with van der Waals surface area (Å²) in [6.45, 7) is 2.19. The minimum Gasteiger partial charge on any atom is -0.242 e. The molecule has 1 aliphatic carbocycles. The summed E-state index contributed by atoms with van der Waals surface area (Å²) in [5, 5.41) is 0.266. The average molecular weight is 351 g/mol. The van der Waals surface area contributed by atoms with Crippen LogP contribution in [0.5, 0.6) is 0 Å². The Morgan fingerprint density at radius 1 is 1.29 bits per heavy atom. The maximum absolute atomic E-state index is 12.6. The molecule has 1 aliphatic rings. The van der Waals surface area contributed by atoms with Crippen molar-refractivity contribution in [3.8, 4) is 0 Å². The number of sulfonamides is 1. The van der Waals surface area contributed by atoms with Crippen molar-refractivity contribution in [3.05, 3.63) is 22.4 Å². The largest absolute Gasteiger partial charge is 0.244 e. The van der Waals surface area contributed by atoms with Gasteiger partial charge in [-0.15, -0.1) is 0 Å². The summed E-state index contributed by atoms with van der Waals surface area (Å²) in [4.78, 5) is 3.92. The first-order valence-corrected chi connectivity index (χ1v) is 9.35. The highest BCUT2D eigenvalue weighted by atomic mass is 35.5. The summed E-state index contributed by atoms with van der Waals surface area (Å²) >= 11 is 11.6. The van der Waals surface area contributed by atoms with E-state index in [-0.39, 0.29) is 21.1 Å². The van der Waals surface area contributed by atoms with Gasteiger partial charge in [-0.1, -0.05) is 36.5 Å². The third-order valence-electron chi connectivity index (χ3n) is 4.36. The Morgan fingerprint density at radius 3 is 2.43 bits per heavy atom. The smallest absolute Gasteiger partial charge is 0.242 e. The second-order valence-electron chi connectivity index (χ2n) is 5.55. The molecule has 7 heteroatoms. The zero-order chi connectivity index (χ0) is 15.6. The van der Waals surface area contributed by atoms with Crippen LogP contribution in [-0.2, 0) is 10.0 Å². The molecule has 1 saturated carbocycles. The van der Waals surface area contributed by atoms with Gasteiger partial charge in [0.15, 0.2) is 0 Å². The number of hydrogen-bond acceptors (Lipinski definition) is 3. The molecule has 0 bridgehead atoms. The monoisotopic (exact) mass is 350 g/mol. The highest BCUT2D eigenvalue weighted by molar-refractivity contribution is 7.89. The number of rotatable bonds is 4. The summed E-state index contributed by atoms with van der Waals surface area (Å²) in [6, 6.07) is 1.41. The van der Waals surface area contributed by atoms with Crippen molar-refractivity contribution in [1.82, 2.24) is 9.29 Å². The molecule has 0 atom stereocenters. The predicted molar refractivity (Wildman–Crippen MR) is 85.2 cm³/mol. The molecule has 0 aliphatic heterocycles. The van der Waals surface area contributed by atoms with Gasteiger partial charge in [-0.05, 0) is 37.7 Å². The van der Waals surface area contributed by atoms with Crippen molar-refractivity contribution < 1.29 is 8.42 Å². The maximum Gasteiger partial charge on any atom is 0.244 e. The van der Waals surface area contributed by atoms with Crippen LogP contribution in [0.4, 0.5) is 0 Å². The van der Waals surface area contributed by atoms with Crippen LogP contribution in [0.2, 0.25) is 10.2 Å². The standard InChI is InChI=1S/C14H20Cl2N2O2S/c1-3-10-4-6-11(7-5-10)18(2)21(19,20)12-8-13(15)14(16)17-9-12/h8-11H,3-7H2,1-2H3. The van der Waals surface area contributed by atoms with Gasteiger partial charge in [-0.25, -0.2) is 13.4 Å². The number of nitrogens with zero attached hydrogens (tertiary/aromatic N) is 2. The molecule has 4 nitrogen and oxygen atoms in total. The lowest BCUT2D eigenvalue weighted by molar-refractivity contribution is 0.233. The van der Waals surface area contributed by atoms with Crippen LogP contribution >= 0.6 is 23.2 Å². The predicted octanol–water partition coefficient (Wildman–Crippen LogP) is 3.98. The fourth-order valence-electron chi connectivity index (χ4n) is 2.82. The van der Waals surface area contributed by atoms with Gasteiger partial charge in [-0.2, -0.15) is 4.31 Å². The van der Waals surface area contributed by atoms with Crippen LogP contribution in [0.25, 0.3) is 0 Å². The van der Waals surface area contributed by atoms with Crippen LogP contribution in [0.1, 0.15) is 39.0 Å². The first-order valence-electron chi connectivity index (χ1n) is 7.15. The molecule has 0 spiro atoms. The van der Waals surface area contributed by atoms with Crippen molar-refractivity contribution >= 4 is 33.2 Å². The molecular weight excluding hydrogens is 331 g/mol. The van der Waals surface area contributed by atoms with E-state index in [2.05, 4.69) is 11.9 Å². The fourth-order valence-corrected chi connectivity index (χ4v) is 4.55. The molecular formula is C14H20Cl2N2O2S. The van der Waals surface area contributed by atoms with Gasteiger partial charge in [0.1, 0.15) is 10.0 Å². The van der Waals surface area contributed by atoms with E-state index < -0.39 is 10.0 Å². The highest BCUT2D eigenvalue weighted by Gasteiger charge is 2.31. The normalized spacial score (nSPS) is 23.5. The van der Waals surface area contributed by atoms with E-state index >= 15 is 0 Å². The van der Waals surface area contributed by atoms with Gasteiger partial charge in [0.05, 0.1) is 5.02 Å². The SMILES string of the molecule is CCC1CCC(N(C)S(=O)(=O)c2cnc(Cl)c(Cl)c2)CC1. The average Bonchev–Trinajstić information content (AvgIpc) is 2.49. The summed E-state index contributed by atoms with van der Waals surface area (Å²) in [7, 11) is -1.94. The van der Waals surface area contributed by atoms with Crippen molar-refractivity contribution in [2.75, 3.05) is 7.05 Å². The molecule has 1 aromatic rings. The second kappa shape index (κ2) is 6.82. The Balaban J connectivity index is 2.17. The van der Waals surface area contributed by atoms with Gasteiger partial charge in [-0.3, -0.25) is 0 Å². The number of hydrogen-bond donors (Lipinski definition) is 0. The number of pyridine rings is 1. The fraction of sp³-hybridized carbons (Fsp3) is 0.643. The van der Waals surface area contributed by atoms with Crippen LogP contribution < -0.4 is 0 Å². The Hall–Kier alpha value is -0.360. The van der Waals surface area contributed by atoms with Crippen LogP contribution in [0.3, 0.4) is 0 Å². The van der Waals surface area contributed by atoms with Crippen LogP contribution in [0, 0.1) is 5.92 Å². The van der Waals surface area contributed by atoms with Crippen molar-refractivity contribution in [3.63, 3.8) is 0 Å². The van der Waals surface area contributed by atoms with E-state index in [1.165, 1.54) is 23.0 Å². The van der Waals surface area contributed by atoms with E-state index in [4.69, 9.17) is 23.2 Å². The maximum atomic E-state index is 12.6. The summed E-state index contributed by atoms with van der Waals surface area (Å²) in [5.74, 6) is 0.726. The van der Waals surface area contributed by atoms with E-state index in [9.17, 15) is 8.42 Å². The van der Waals surface area contributed by atoms with Gasteiger partial charge >= 0.3 is 0 Å². The lowest BCUT2D eigenvalue weighted by Gasteiger charge is -2.33. The molecule has 0 amide bonds. The first kappa shape index (κ1) is 17.0. The van der Waals surface area contributed by atoms with Gasteiger partial charge in [0, 0.05) is 19.3 Å². The Kier molecular flexibility index (Phi) is 5.52. The Labute approximate surface area is 136 Å². The minimum atomic E-state index is -3.57. The molecule has 118 valence electrons. The summed E-state index contributed by atoms with van der Waals surface area (Å²) in [6.07, 6.45) is 6.41. The summed E-state index contributed by atoms with van der Waals surface area (Å²) < 4.78 is 26.7. The molecule has 1 heterocycles.